The first kappa shape index (κ1) is 21.4. The molecule has 0 saturated carbocycles. The maximum absolute atomic E-state index is 6.20. The predicted molar refractivity (Wildman–Crippen MR) is 126 cm³/mol. The largest absolute Gasteiger partial charge is 0.437 e. The monoisotopic (exact) mass is 445 g/mol. The van der Waals surface area contributed by atoms with E-state index in [2.05, 4.69) is 42.5 Å². The maximum atomic E-state index is 6.20. The molecule has 7 heteroatoms. The van der Waals surface area contributed by atoms with Gasteiger partial charge in [0.2, 0.25) is 5.88 Å². The van der Waals surface area contributed by atoms with E-state index in [1.807, 2.05) is 30.3 Å². The van der Waals surface area contributed by atoms with Crippen LogP contribution < -0.4 is 15.4 Å². The highest BCUT2D eigenvalue weighted by molar-refractivity contribution is 7.80. The lowest BCUT2D eigenvalue weighted by Crippen LogP contribution is -2.20. The number of para-hydroxylation sites is 1. The second-order valence-corrected chi connectivity index (χ2v) is 8.66. The lowest BCUT2D eigenvalue weighted by atomic mass is 9.86. The summed E-state index contributed by atoms with van der Waals surface area (Å²) < 4.78 is 6.15. The van der Waals surface area contributed by atoms with E-state index in [1.54, 1.807) is 24.4 Å². The number of pyridine rings is 1. The number of ether oxygens (including phenoxy) is 1. The molecule has 1 heterocycles. The van der Waals surface area contributed by atoms with Gasteiger partial charge in [-0.25, -0.2) is 4.98 Å². The molecule has 0 saturated heterocycles. The van der Waals surface area contributed by atoms with E-state index in [9.17, 15) is 0 Å². The van der Waals surface area contributed by atoms with Gasteiger partial charge in [0.1, 0.15) is 11.4 Å². The van der Waals surface area contributed by atoms with Crippen LogP contribution in [0.4, 0.5) is 11.4 Å². The van der Waals surface area contributed by atoms with Gasteiger partial charge in [0.15, 0.2) is 5.11 Å². The minimum atomic E-state index is -0.0683. The second-order valence-electron chi connectivity index (χ2n) is 7.41. The van der Waals surface area contributed by atoms with Crippen LogP contribution in [0, 0.1) is 0 Å². The van der Waals surface area contributed by atoms with E-state index in [0.717, 1.165) is 11.3 Å². The van der Waals surface area contributed by atoms with Gasteiger partial charge in [0.25, 0.3) is 0 Å². The molecule has 0 fully saturated rings. The van der Waals surface area contributed by atoms with Crippen molar-refractivity contribution in [3.8, 4) is 11.6 Å². The Labute approximate surface area is 186 Å². The van der Waals surface area contributed by atoms with Crippen molar-refractivity contribution in [2.75, 3.05) is 10.6 Å². The van der Waals surface area contributed by atoms with Crippen molar-refractivity contribution < 1.29 is 4.74 Å². The Hall–Kier alpha value is -2.34. The van der Waals surface area contributed by atoms with E-state index in [-0.39, 0.29) is 5.41 Å². The van der Waals surface area contributed by atoms with Gasteiger partial charge in [-0.05, 0) is 54.0 Å². The molecule has 29 heavy (non-hydrogen) atoms. The standard InChI is InChI=1S/C22H21Cl2N3OS/c1-22(2,3)15-7-4-5-9-19(15)28-20-18(8-6-12-25-20)27-21(29)26-17-11-10-14(23)13-16(17)24/h4-13H,1-3H3,(H2,26,27,29). The third-order valence-electron chi connectivity index (χ3n) is 4.10. The fraction of sp³-hybridized carbons (Fsp3) is 0.182. The summed E-state index contributed by atoms with van der Waals surface area (Å²) in [6.07, 6.45) is 1.67. The zero-order chi connectivity index (χ0) is 21.0. The molecule has 0 aliphatic rings. The van der Waals surface area contributed by atoms with E-state index in [0.29, 0.717) is 32.4 Å². The SMILES string of the molecule is CC(C)(C)c1ccccc1Oc1ncccc1NC(=S)Nc1ccc(Cl)cc1Cl. The Morgan fingerprint density at radius 3 is 2.41 bits per heavy atom. The van der Waals surface area contributed by atoms with E-state index >= 15 is 0 Å². The number of hydrogen-bond donors (Lipinski definition) is 2. The molecule has 0 radical (unpaired) electrons. The fourth-order valence-corrected chi connectivity index (χ4v) is 3.39. The summed E-state index contributed by atoms with van der Waals surface area (Å²) in [5.74, 6) is 1.18. The molecule has 0 unspecified atom stereocenters. The number of halogens is 2. The minimum Gasteiger partial charge on any atom is -0.437 e. The zero-order valence-electron chi connectivity index (χ0n) is 16.3. The molecule has 1 aromatic heterocycles. The lowest BCUT2D eigenvalue weighted by molar-refractivity contribution is 0.442. The highest BCUT2D eigenvalue weighted by Gasteiger charge is 2.20. The highest BCUT2D eigenvalue weighted by Crippen LogP contribution is 2.35. The quantitative estimate of drug-likeness (QED) is 0.412. The van der Waals surface area contributed by atoms with Crippen LogP contribution in [0.2, 0.25) is 10.0 Å². The molecule has 0 aliphatic carbocycles. The summed E-state index contributed by atoms with van der Waals surface area (Å²) in [6, 6.07) is 16.7. The van der Waals surface area contributed by atoms with Crippen LogP contribution in [0.5, 0.6) is 11.6 Å². The first-order chi connectivity index (χ1) is 13.7. The van der Waals surface area contributed by atoms with Crippen molar-refractivity contribution in [1.82, 2.24) is 4.98 Å². The van der Waals surface area contributed by atoms with Crippen LogP contribution in [-0.2, 0) is 5.41 Å². The number of hydrogen-bond acceptors (Lipinski definition) is 3. The second kappa shape index (κ2) is 8.99. The normalized spacial score (nSPS) is 11.1. The number of thiocarbonyl (C=S) groups is 1. The molecule has 3 aromatic rings. The van der Waals surface area contributed by atoms with Gasteiger partial charge >= 0.3 is 0 Å². The van der Waals surface area contributed by atoms with Gasteiger partial charge in [0, 0.05) is 16.8 Å². The summed E-state index contributed by atoms with van der Waals surface area (Å²) in [4.78, 5) is 4.37. The number of aromatic nitrogens is 1. The molecule has 0 amide bonds. The molecule has 2 aromatic carbocycles. The topological polar surface area (TPSA) is 46.2 Å². The van der Waals surface area contributed by atoms with Gasteiger partial charge in [-0.2, -0.15) is 0 Å². The zero-order valence-corrected chi connectivity index (χ0v) is 18.6. The van der Waals surface area contributed by atoms with Crippen LogP contribution in [-0.4, -0.2) is 10.1 Å². The van der Waals surface area contributed by atoms with Gasteiger partial charge in [-0.1, -0.05) is 62.2 Å². The third-order valence-corrected chi connectivity index (χ3v) is 4.85. The van der Waals surface area contributed by atoms with Crippen molar-refractivity contribution in [2.24, 2.45) is 0 Å². The van der Waals surface area contributed by atoms with Crippen molar-refractivity contribution >= 4 is 51.9 Å². The molecule has 0 spiro atoms. The maximum Gasteiger partial charge on any atom is 0.243 e. The van der Waals surface area contributed by atoms with Crippen molar-refractivity contribution in [3.05, 3.63) is 76.4 Å². The molecule has 0 atom stereocenters. The predicted octanol–water partition coefficient (Wildman–Crippen LogP) is 7.29. The van der Waals surface area contributed by atoms with Crippen molar-refractivity contribution in [3.63, 3.8) is 0 Å². The first-order valence-electron chi connectivity index (χ1n) is 8.99. The Balaban J connectivity index is 1.80. The number of nitrogens with one attached hydrogen (secondary N) is 2. The fourth-order valence-electron chi connectivity index (χ4n) is 2.71. The van der Waals surface area contributed by atoms with Crippen molar-refractivity contribution in [1.29, 1.82) is 0 Å². The lowest BCUT2D eigenvalue weighted by Gasteiger charge is -2.23. The Morgan fingerprint density at radius 1 is 0.966 bits per heavy atom. The molecule has 150 valence electrons. The average molecular weight is 446 g/mol. The number of benzene rings is 2. The van der Waals surface area contributed by atoms with Crippen LogP contribution >= 0.6 is 35.4 Å². The first-order valence-corrected chi connectivity index (χ1v) is 10.2. The molecule has 4 nitrogen and oxygen atoms in total. The molecule has 0 aliphatic heterocycles. The van der Waals surface area contributed by atoms with E-state index in [1.165, 1.54) is 0 Å². The smallest absolute Gasteiger partial charge is 0.243 e. The molecular weight excluding hydrogens is 425 g/mol. The number of nitrogens with zero attached hydrogens (tertiary/aromatic N) is 1. The van der Waals surface area contributed by atoms with Crippen LogP contribution in [0.25, 0.3) is 0 Å². The Bertz CT molecular complexity index is 1030. The number of rotatable bonds is 4. The summed E-state index contributed by atoms with van der Waals surface area (Å²) >= 11 is 17.6. The molecule has 2 N–H and O–H groups in total. The summed E-state index contributed by atoms with van der Waals surface area (Å²) in [7, 11) is 0. The van der Waals surface area contributed by atoms with Gasteiger partial charge < -0.3 is 15.4 Å². The third kappa shape index (κ3) is 5.60. The van der Waals surface area contributed by atoms with Gasteiger partial charge in [-0.3, -0.25) is 0 Å². The molecule has 3 rings (SSSR count). The minimum absolute atomic E-state index is 0.0683. The van der Waals surface area contributed by atoms with E-state index in [4.69, 9.17) is 40.2 Å². The van der Waals surface area contributed by atoms with Crippen LogP contribution in [0.1, 0.15) is 26.3 Å². The van der Waals surface area contributed by atoms with Gasteiger partial charge in [-0.15, -0.1) is 0 Å². The van der Waals surface area contributed by atoms with E-state index < -0.39 is 0 Å². The van der Waals surface area contributed by atoms with Gasteiger partial charge in [0.05, 0.1) is 10.7 Å². The highest BCUT2D eigenvalue weighted by atomic mass is 35.5. The Kier molecular flexibility index (Phi) is 6.63. The summed E-state index contributed by atoms with van der Waals surface area (Å²) in [5, 5.41) is 7.57. The molecular formula is C22H21Cl2N3OS. The van der Waals surface area contributed by atoms with Crippen LogP contribution in [0.3, 0.4) is 0 Å². The van der Waals surface area contributed by atoms with Crippen molar-refractivity contribution in [2.45, 2.75) is 26.2 Å². The summed E-state index contributed by atoms with van der Waals surface area (Å²) in [5.41, 5.74) is 2.31. The summed E-state index contributed by atoms with van der Waals surface area (Å²) in [6.45, 7) is 6.42. The molecule has 0 bridgehead atoms. The number of anilines is 2. The van der Waals surface area contributed by atoms with Crippen LogP contribution in [0.15, 0.2) is 60.8 Å². The Morgan fingerprint density at radius 2 is 1.69 bits per heavy atom. The average Bonchev–Trinajstić information content (AvgIpc) is 2.65.